The van der Waals surface area contributed by atoms with Crippen LogP contribution in [0, 0.1) is 0 Å². The molecule has 1 N–H and O–H groups in total. The Bertz CT molecular complexity index is 1260. The van der Waals surface area contributed by atoms with Crippen LogP contribution < -0.4 is 10.9 Å². The van der Waals surface area contributed by atoms with Crippen molar-refractivity contribution in [3.63, 3.8) is 0 Å². The van der Waals surface area contributed by atoms with Crippen LogP contribution in [0.2, 0.25) is 0 Å². The number of aryl methyl sites for hydroxylation is 1. The van der Waals surface area contributed by atoms with Crippen molar-refractivity contribution in [2.75, 3.05) is 13.1 Å². The SMILES string of the molecule is Cn1cc2cc(-n3cnc4ccc(C5=CCNCC5)cc4c3=O)ccc2n1. The Balaban J connectivity index is 1.66. The lowest BCUT2D eigenvalue weighted by Crippen LogP contribution is -2.20. The van der Waals surface area contributed by atoms with Crippen LogP contribution in [0.4, 0.5) is 0 Å². The van der Waals surface area contributed by atoms with Crippen LogP contribution >= 0.6 is 0 Å². The van der Waals surface area contributed by atoms with E-state index in [2.05, 4.69) is 27.5 Å². The summed E-state index contributed by atoms with van der Waals surface area (Å²) in [6, 6.07) is 11.8. The van der Waals surface area contributed by atoms with E-state index in [9.17, 15) is 4.79 Å². The molecule has 0 saturated carbocycles. The predicted octanol–water partition coefficient (Wildman–Crippen LogP) is 2.65. The molecule has 0 bridgehead atoms. The molecule has 0 radical (unpaired) electrons. The van der Waals surface area contributed by atoms with E-state index in [0.717, 1.165) is 47.2 Å². The van der Waals surface area contributed by atoms with E-state index in [1.807, 2.05) is 43.6 Å². The van der Waals surface area contributed by atoms with Crippen LogP contribution in [0.15, 0.2) is 59.8 Å². The average Bonchev–Trinajstić information content (AvgIpc) is 3.08. The van der Waals surface area contributed by atoms with Gasteiger partial charge in [-0.3, -0.25) is 14.0 Å². The topological polar surface area (TPSA) is 64.7 Å². The second-order valence-electron chi connectivity index (χ2n) is 6.88. The molecule has 0 amide bonds. The molecule has 2 aromatic heterocycles. The van der Waals surface area contributed by atoms with Gasteiger partial charge in [0.1, 0.15) is 6.33 Å². The highest BCUT2D eigenvalue weighted by Crippen LogP contribution is 2.23. The lowest BCUT2D eigenvalue weighted by atomic mass is 9.99. The van der Waals surface area contributed by atoms with Crippen molar-refractivity contribution in [3.05, 3.63) is 70.9 Å². The van der Waals surface area contributed by atoms with E-state index >= 15 is 0 Å². The van der Waals surface area contributed by atoms with Gasteiger partial charge in [-0.25, -0.2) is 4.98 Å². The summed E-state index contributed by atoms with van der Waals surface area (Å²) in [5.41, 5.74) is 4.74. The first kappa shape index (κ1) is 16.0. The Kier molecular flexibility index (Phi) is 3.65. The maximum Gasteiger partial charge on any atom is 0.265 e. The van der Waals surface area contributed by atoms with Crippen molar-refractivity contribution >= 4 is 27.4 Å². The van der Waals surface area contributed by atoms with Crippen molar-refractivity contribution in [2.45, 2.75) is 6.42 Å². The molecule has 4 aromatic rings. The van der Waals surface area contributed by atoms with Crippen molar-refractivity contribution < 1.29 is 0 Å². The first-order chi connectivity index (χ1) is 13.2. The third-order valence-corrected chi connectivity index (χ3v) is 5.07. The number of rotatable bonds is 2. The van der Waals surface area contributed by atoms with Crippen LogP contribution in [0.5, 0.6) is 0 Å². The van der Waals surface area contributed by atoms with E-state index in [1.165, 1.54) is 5.57 Å². The maximum atomic E-state index is 13.2. The molecule has 0 fully saturated rings. The molecule has 6 nitrogen and oxygen atoms in total. The summed E-state index contributed by atoms with van der Waals surface area (Å²) in [5.74, 6) is 0. The first-order valence-corrected chi connectivity index (χ1v) is 9.04. The molecule has 134 valence electrons. The number of nitrogens with one attached hydrogen (secondary N) is 1. The molecule has 2 aromatic carbocycles. The van der Waals surface area contributed by atoms with Gasteiger partial charge in [-0.2, -0.15) is 5.10 Å². The minimum Gasteiger partial charge on any atom is -0.313 e. The van der Waals surface area contributed by atoms with Crippen LogP contribution in [-0.2, 0) is 7.05 Å². The summed E-state index contributed by atoms with van der Waals surface area (Å²) in [5, 5.41) is 9.34. The van der Waals surface area contributed by atoms with Gasteiger partial charge in [-0.1, -0.05) is 12.1 Å². The van der Waals surface area contributed by atoms with Gasteiger partial charge >= 0.3 is 0 Å². The van der Waals surface area contributed by atoms with Crippen molar-refractivity contribution in [3.8, 4) is 5.69 Å². The molecule has 27 heavy (non-hydrogen) atoms. The minimum atomic E-state index is -0.0559. The van der Waals surface area contributed by atoms with Gasteiger partial charge in [-0.05, 0) is 54.4 Å². The van der Waals surface area contributed by atoms with E-state index in [0.29, 0.717) is 5.39 Å². The molecular formula is C21H19N5O. The third-order valence-electron chi connectivity index (χ3n) is 5.07. The molecule has 0 spiro atoms. The molecule has 0 atom stereocenters. The van der Waals surface area contributed by atoms with Crippen molar-refractivity contribution in [1.29, 1.82) is 0 Å². The average molecular weight is 357 g/mol. The van der Waals surface area contributed by atoms with E-state index in [1.54, 1.807) is 15.6 Å². The second kappa shape index (κ2) is 6.17. The molecule has 0 aliphatic carbocycles. The van der Waals surface area contributed by atoms with Crippen LogP contribution in [0.3, 0.4) is 0 Å². The molecule has 1 aliphatic rings. The van der Waals surface area contributed by atoms with Crippen LogP contribution in [-0.4, -0.2) is 32.4 Å². The first-order valence-electron chi connectivity index (χ1n) is 9.04. The highest BCUT2D eigenvalue weighted by molar-refractivity contribution is 5.84. The van der Waals surface area contributed by atoms with Crippen LogP contribution in [0.25, 0.3) is 33.1 Å². The molecule has 5 rings (SSSR count). The Hall–Kier alpha value is -3.25. The largest absolute Gasteiger partial charge is 0.313 e. The number of aromatic nitrogens is 4. The predicted molar refractivity (Wildman–Crippen MR) is 107 cm³/mol. The zero-order valence-electron chi connectivity index (χ0n) is 15.0. The van der Waals surface area contributed by atoms with Gasteiger partial charge in [-0.15, -0.1) is 0 Å². The Labute approximate surface area is 155 Å². The monoisotopic (exact) mass is 357 g/mol. The van der Waals surface area contributed by atoms with Crippen molar-refractivity contribution in [2.24, 2.45) is 7.05 Å². The fraction of sp³-hybridized carbons (Fsp3) is 0.190. The van der Waals surface area contributed by atoms with Gasteiger partial charge in [0, 0.05) is 25.2 Å². The molecule has 3 heterocycles. The Morgan fingerprint density at radius 1 is 1.11 bits per heavy atom. The lowest BCUT2D eigenvalue weighted by Gasteiger charge is -2.14. The second-order valence-corrected chi connectivity index (χ2v) is 6.88. The Morgan fingerprint density at radius 2 is 2.00 bits per heavy atom. The van der Waals surface area contributed by atoms with Gasteiger partial charge in [0.15, 0.2) is 0 Å². The van der Waals surface area contributed by atoms with E-state index in [4.69, 9.17) is 0 Å². The molecule has 0 unspecified atom stereocenters. The fourth-order valence-corrected chi connectivity index (χ4v) is 3.68. The van der Waals surface area contributed by atoms with E-state index in [-0.39, 0.29) is 5.56 Å². The zero-order valence-corrected chi connectivity index (χ0v) is 15.0. The van der Waals surface area contributed by atoms with Crippen molar-refractivity contribution in [1.82, 2.24) is 24.6 Å². The number of benzene rings is 2. The van der Waals surface area contributed by atoms with Crippen LogP contribution in [0.1, 0.15) is 12.0 Å². The molecule has 6 heteroatoms. The summed E-state index contributed by atoms with van der Waals surface area (Å²) in [4.78, 5) is 17.7. The summed E-state index contributed by atoms with van der Waals surface area (Å²) < 4.78 is 3.38. The highest BCUT2D eigenvalue weighted by Gasteiger charge is 2.11. The molecule has 1 aliphatic heterocycles. The molecule has 0 saturated heterocycles. The zero-order chi connectivity index (χ0) is 18.4. The maximum absolute atomic E-state index is 13.2. The molecular weight excluding hydrogens is 338 g/mol. The lowest BCUT2D eigenvalue weighted by molar-refractivity contribution is 0.738. The number of hydrogen-bond acceptors (Lipinski definition) is 4. The highest BCUT2D eigenvalue weighted by atomic mass is 16.1. The van der Waals surface area contributed by atoms with Gasteiger partial charge < -0.3 is 5.32 Å². The Morgan fingerprint density at radius 3 is 2.85 bits per heavy atom. The summed E-state index contributed by atoms with van der Waals surface area (Å²) in [7, 11) is 1.89. The third kappa shape index (κ3) is 2.74. The quantitative estimate of drug-likeness (QED) is 0.599. The summed E-state index contributed by atoms with van der Waals surface area (Å²) >= 11 is 0. The number of fused-ring (bicyclic) bond motifs is 2. The standard InChI is InChI=1S/C21H19N5O/c1-25-12-16-10-17(3-5-19(16)24-25)26-13-23-20-4-2-15(11-18(20)21(26)27)14-6-8-22-9-7-14/h2-6,10-13,22H,7-9H2,1H3. The van der Waals surface area contributed by atoms with Gasteiger partial charge in [0.2, 0.25) is 0 Å². The summed E-state index contributed by atoms with van der Waals surface area (Å²) in [6.07, 6.45) is 6.71. The van der Waals surface area contributed by atoms with Gasteiger partial charge in [0.25, 0.3) is 5.56 Å². The smallest absolute Gasteiger partial charge is 0.265 e. The minimum absolute atomic E-state index is 0.0559. The van der Waals surface area contributed by atoms with E-state index < -0.39 is 0 Å². The number of hydrogen-bond donors (Lipinski definition) is 1. The number of nitrogens with zero attached hydrogens (tertiary/aromatic N) is 4. The van der Waals surface area contributed by atoms with Gasteiger partial charge in [0.05, 0.1) is 22.1 Å². The fourth-order valence-electron chi connectivity index (χ4n) is 3.68. The summed E-state index contributed by atoms with van der Waals surface area (Å²) in [6.45, 7) is 1.84. The normalized spacial score (nSPS) is 14.6.